The first-order valence-electron chi connectivity index (χ1n) is 8.89. The SMILES string of the molecule is COc1cccc([C@@H]2CN(C(=O)CSC)[C@H]3C4CCN(CC4)[C@@H]23)c1. The molecule has 4 fully saturated rings. The number of rotatable bonds is 4. The molecule has 1 aromatic carbocycles. The van der Waals surface area contributed by atoms with Gasteiger partial charge in [-0.3, -0.25) is 9.69 Å². The van der Waals surface area contributed by atoms with Crippen molar-refractivity contribution in [2.45, 2.75) is 30.8 Å². The highest BCUT2D eigenvalue weighted by molar-refractivity contribution is 7.99. The summed E-state index contributed by atoms with van der Waals surface area (Å²) in [5.74, 6) is 2.91. The number of ether oxygens (including phenoxy) is 1. The van der Waals surface area contributed by atoms with Gasteiger partial charge >= 0.3 is 0 Å². The van der Waals surface area contributed by atoms with Gasteiger partial charge in [0.25, 0.3) is 0 Å². The number of hydrogen-bond acceptors (Lipinski definition) is 4. The number of likely N-dealkylation sites (tertiary alicyclic amines) is 1. The number of piperidine rings is 3. The molecule has 4 aliphatic heterocycles. The van der Waals surface area contributed by atoms with Crippen molar-refractivity contribution in [3.8, 4) is 5.75 Å². The highest BCUT2D eigenvalue weighted by Crippen LogP contribution is 2.46. The average molecular weight is 346 g/mol. The number of fused-ring (bicyclic) bond motifs is 2. The Bertz CT molecular complexity index is 615. The van der Waals surface area contributed by atoms with Crippen LogP contribution in [0.1, 0.15) is 24.3 Å². The topological polar surface area (TPSA) is 32.8 Å². The van der Waals surface area contributed by atoms with Gasteiger partial charge in [0.1, 0.15) is 5.75 Å². The molecule has 0 saturated carbocycles. The molecular formula is C19H26N2O2S. The number of nitrogens with zero attached hydrogens (tertiary/aromatic N) is 2. The van der Waals surface area contributed by atoms with Crippen LogP contribution < -0.4 is 4.74 Å². The first-order chi connectivity index (χ1) is 11.7. The standard InChI is InChI=1S/C19H26N2O2S/c1-23-15-5-3-4-14(10-15)16-11-21(17(22)12-24-2)18-13-6-8-20(9-7-13)19(16)18/h3-5,10,13,16,18-19H,6-9,11-12H2,1-2H3/t16-,18-,19-/m0/s1. The minimum Gasteiger partial charge on any atom is -0.497 e. The van der Waals surface area contributed by atoms with Crippen LogP contribution in [0, 0.1) is 5.92 Å². The van der Waals surface area contributed by atoms with Gasteiger partial charge in [-0.25, -0.2) is 0 Å². The van der Waals surface area contributed by atoms with Gasteiger partial charge in [-0.1, -0.05) is 12.1 Å². The zero-order valence-corrected chi connectivity index (χ0v) is 15.3. The van der Waals surface area contributed by atoms with E-state index in [-0.39, 0.29) is 0 Å². The first kappa shape index (κ1) is 16.3. The van der Waals surface area contributed by atoms with E-state index in [0.29, 0.717) is 35.6 Å². The normalized spacial score (nSPS) is 34.2. The largest absolute Gasteiger partial charge is 0.497 e. The zero-order valence-electron chi connectivity index (χ0n) is 14.5. The third kappa shape index (κ3) is 2.62. The van der Waals surface area contributed by atoms with E-state index in [1.165, 1.54) is 31.5 Å². The van der Waals surface area contributed by atoms with Gasteiger partial charge in [-0.15, -0.1) is 0 Å². The summed E-state index contributed by atoms with van der Waals surface area (Å²) in [5.41, 5.74) is 1.32. The maximum atomic E-state index is 12.7. The lowest BCUT2D eigenvalue weighted by molar-refractivity contribution is -0.133. The van der Waals surface area contributed by atoms with Crippen LogP contribution in [0.3, 0.4) is 0 Å². The minimum absolute atomic E-state index is 0.316. The predicted octanol–water partition coefficient (Wildman–Crippen LogP) is 2.45. The number of carbonyl (C=O) groups excluding carboxylic acids is 1. The highest BCUT2D eigenvalue weighted by Gasteiger charge is 2.54. The smallest absolute Gasteiger partial charge is 0.232 e. The Morgan fingerprint density at radius 3 is 2.79 bits per heavy atom. The van der Waals surface area contributed by atoms with Crippen LogP contribution >= 0.6 is 11.8 Å². The Labute approximate surface area is 148 Å². The molecule has 24 heavy (non-hydrogen) atoms. The summed E-state index contributed by atoms with van der Waals surface area (Å²) >= 11 is 1.63. The van der Waals surface area contributed by atoms with E-state index in [4.69, 9.17) is 4.74 Å². The number of benzene rings is 1. The minimum atomic E-state index is 0.316. The van der Waals surface area contributed by atoms with Crippen LogP contribution in [0.15, 0.2) is 24.3 Å². The van der Waals surface area contributed by atoms with Crippen LogP contribution in [-0.4, -0.2) is 66.5 Å². The number of amides is 1. The number of methoxy groups -OCH3 is 1. The molecule has 0 spiro atoms. The molecule has 0 N–H and O–H groups in total. The van der Waals surface area contributed by atoms with Crippen molar-refractivity contribution in [1.29, 1.82) is 0 Å². The summed E-state index contributed by atoms with van der Waals surface area (Å²) in [6.07, 6.45) is 4.51. The molecule has 0 unspecified atom stereocenters. The van der Waals surface area contributed by atoms with E-state index in [9.17, 15) is 4.79 Å². The van der Waals surface area contributed by atoms with Crippen LogP contribution in [0.4, 0.5) is 0 Å². The van der Waals surface area contributed by atoms with E-state index in [2.05, 4.69) is 28.0 Å². The van der Waals surface area contributed by atoms with Crippen LogP contribution in [0.25, 0.3) is 0 Å². The summed E-state index contributed by atoms with van der Waals surface area (Å²) in [6.45, 7) is 3.24. The van der Waals surface area contributed by atoms with E-state index in [0.717, 1.165) is 12.3 Å². The van der Waals surface area contributed by atoms with Gasteiger partial charge in [0, 0.05) is 18.5 Å². The monoisotopic (exact) mass is 346 g/mol. The molecule has 4 heterocycles. The molecule has 5 heteroatoms. The summed E-state index contributed by atoms with van der Waals surface area (Å²) < 4.78 is 5.43. The Hall–Kier alpha value is -1.20. The number of carbonyl (C=O) groups is 1. The molecule has 130 valence electrons. The Balaban J connectivity index is 1.68. The second-order valence-electron chi connectivity index (χ2n) is 7.22. The molecular weight excluding hydrogens is 320 g/mol. The summed E-state index contributed by atoms with van der Waals surface area (Å²) in [5, 5.41) is 0. The van der Waals surface area contributed by atoms with Gasteiger partial charge in [-0.05, 0) is 55.8 Å². The molecule has 5 rings (SSSR count). The molecule has 0 radical (unpaired) electrons. The van der Waals surface area contributed by atoms with Crippen molar-refractivity contribution in [2.24, 2.45) is 5.92 Å². The van der Waals surface area contributed by atoms with Crippen molar-refractivity contribution < 1.29 is 9.53 Å². The molecule has 1 aromatic rings. The van der Waals surface area contributed by atoms with Crippen LogP contribution in [0.2, 0.25) is 0 Å². The summed E-state index contributed by atoms with van der Waals surface area (Å²) in [7, 11) is 1.72. The number of hydrogen-bond donors (Lipinski definition) is 0. The van der Waals surface area contributed by atoms with E-state index in [1.807, 2.05) is 12.3 Å². The van der Waals surface area contributed by atoms with Gasteiger partial charge in [-0.2, -0.15) is 11.8 Å². The summed E-state index contributed by atoms with van der Waals surface area (Å²) in [6, 6.07) is 9.33. The van der Waals surface area contributed by atoms with Gasteiger partial charge in [0.2, 0.25) is 5.91 Å². The third-order valence-electron chi connectivity index (χ3n) is 6.10. The molecule has 4 saturated heterocycles. The van der Waals surface area contributed by atoms with Crippen molar-refractivity contribution in [3.05, 3.63) is 29.8 Å². The average Bonchev–Trinajstić information content (AvgIpc) is 3.06. The second kappa shape index (κ2) is 6.60. The molecule has 0 aliphatic carbocycles. The molecule has 4 nitrogen and oxygen atoms in total. The Morgan fingerprint density at radius 1 is 1.29 bits per heavy atom. The van der Waals surface area contributed by atoms with Crippen molar-refractivity contribution in [2.75, 3.05) is 38.8 Å². The lowest BCUT2D eigenvalue weighted by Crippen LogP contribution is -2.60. The van der Waals surface area contributed by atoms with Crippen LogP contribution in [0.5, 0.6) is 5.75 Å². The predicted molar refractivity (Wildman–Crippen MR) is 97.7 cm³/mol. The Morgan fingerprint density at radius 2 is 2.08 bits per heavy atom. The molecule has 3 atom stereocenters. The quantitative estimate of drug-likeness (QED) is 0.838. The second-order valence-corrected chi connectivity index (χ2v) is 8.08. The fourth-order valence-corrected chi connectivity index (χ4v) is 5.49. The van der Waals surface area contributed by atoms with E-state index >= 15 is 0 Å². The van der Waals surface area contributed by atoms with Crippen LogP contribution in [-0.2, 0) is 4.79 Å². The van der Waals surface area contributed by atoms with Gasteiger partial charge < -0.3 is 9.64 Å². The zero-order chi connectivity index (χ0) is 16.7. The molecule has 1 amide bonds. The number of thioether (sulfide) groups is 1. The molecule has 4 aliphatic rings. The third-order valence-corrected chi connectivity index (χ3v) is 6.64. The fourth-order valence-electron chi connectivity index (χ4n) is 5.08. The first-order valence-corrected chi connectivity index (χ1v) is 10.3. The maximum Gasteiger partial charge on any atom is 0.232 e. The lowest BCUT2D eigenvalue weighted by Gasteiger charge is -2.51. The maximum absolute atomic E-state index is 12.7. The van der Waals surface area contributed by atoms with Gasteiger partial charge in [0.15, 0.2) is 0 Å². The van der Waals surface area contributed by atoms with E-state index < -0.39 is 0 Å². The van der Waals surface area contributed by atoms with Gasteiger partial charge in [0.05, 0.1) is 18.9 Å². The van der Waals surface area contributed by atoms with Crippen molar-refractivity contribution in [3.63, 3.8) is 0 Å². The highest BCUT2D eigenvalue weighted by atomic mass is 32.2. The molecule has 2 bridgehead atoms. The Kier molecular flexibility index (Phi) is 4.48. The fraction of sp³-hybridized carbons (Fsp3) is 0.632. The lowest BCUT2D eigenvalue weighted by atomic mass is 9.75. The van der Waals surface area contributed by atoms with Crippen molar-refractivity contribution in [1.82, 2.24) is 9.80 Å². The van der Waals surface area contributed by atoms with E-state index in [1.54, 1.807) is 18.9 Å². The summed E-state index contributed by atoms with van der Waals surface area (Å²) in [4.78, 5) is 17.6. The molecule has 0 aromatic heterocycles. The van der Waals surface area contributed by atoms with Crippen molar-refractivity contribution >= 4 is 17.7 Å².